The zero-order valence-corrected chi connectivity index (χ0v) is 14.8. The number of benzene rings is 2. The second-order valence-corrected chi connectivity index (χ2v) is 5.40. The summed E-state index contributed by atoms with van der Waals surface area (Å²) in [7, 11) is 1.24. The summed E-state index contributed by atoms with van der Waals surface area (Å²) in [6.45, 7) is 1.52. The van der Waals surface area contributed by atoms with E-state index in [1.165, 1.54) is 56.5 Å². The van der Waals surface area contributed by atoms with E-state index in [1.807, 2.05) is 0 Å². The Morgan fingerprint density at radius 2 is 1.57 bits per heavy atom. The molecule has 0 aliphatic rings. The second kappa shape index (κ2) is 8.54. The normalized spacial score (nSPS) is 9.93. The van der Waals surface area contributed by atoms with Crippen molar-refractivity contribution in [2.24, 2.45) is 0 Å². The van der Waals surface area contributed by atoms with Crippen LogP contribution in [0.4, 0.5) is 11.4 Å². The van der Waals surface area contributed by atoms with Crippen molar-refractivity contribution in [2.75, 3.05) is 7.11 Å². The predicted molar refractivity (Wildman–Crippen MR) is 98.3 cm³/mol. The third-order valence-corrected chi connectivity index (χ3v) is 3.82. The average Bonchev–Trinajstić information content (AvgIpc) is 2.67. The summed E-state index contributed by atoms with van der Waals surface area (Å²) in [5, 5.41) is 21.7. The minimum absolute atomic E-state index is 0.0760. The maximum absolute atomic E-state index is 11.2. The van der Waals surface area contributed by atoms with Crippen molar-refractivity contribution in [3.05, 3.63) is 90.5 Å². The highest BCUT2D eigenvalue weighted by molar-refractivity contribution is 5.92. The van der Waals surface area contributed by atoms with Gasteiger partial charge in [0.05, 0.1) is 39.6 Å². The zero-order chi connectivity index (χ0) is 20.8. The number of ether oxygens (including phenoxy) is 1. The summed E-state index contributed by atoms with van der Waals surface area (Å²) in [6, 6.07) is 10.0. The van der Waals surface area contributed by atoms with Crippen molar-refractivity contribution >= 4 is 28.1 Å². The van der Waals surface area contributed by atoms with Crippen molar-refractivity contribution in [3.8, 4) is 0 Å². The van der Waals surface area contributed by atoms with Crippen LogP contribution in [0.15, 0.2) is 57.9 Å². The van der Waals surface area contributed by atoms with Gasteiger partial charge in [0.2, 0.25) is 0 Å². The van der Waals surface area contributed by atoms with Gasteiger partial charge in [0.1, 0.15) is 0 Å². The third kappa shape index (κ3) is 4.18. The molecule has 3 rings (SSSR count). The van der Waals surface area contributed by atoms with Crippen LogP contribution in [0.2, 0.25) is 0 Å². The largest absolute Gasteiger partial charge is 0.465 e. The van der Waals surface area contributed by atoms with Crippen molar-refractivity contribution in [1.29, 1.82) is 0 Å². The standard InChI is InChI=1S/C9H5NO4.C9H9NO4/c11-9-7-2-1-3-8(10(12)13)6(7)4-5-14-9;1-6-7(9(11)14-2)4-3-5-8(6)10(12)13/h1-5H;3-5H,1-2H3. The van der Waals surface area contributed by atoms with E-state index in [0.717, 1.165) is 6.26 Å². The molecule has 0 atom stereocenters. The van der Waals surface area contributed by atoms with E-state index in [0.29, 0.717) is 10.9 Å². The van der Waals surface area contributed by atoms with E-state index in [1.54, 1.807) is 0 Å². The molecule has 1 heterocycles. The molecule has 0 radical (unpaired) electrons. The Balaban J connectivity index is 0.000000200. The number of nitro benzene ring substituents is 2. The van der Waals surface area contributed by atoms with Gasteiger partial charge in [-0.1, -0.05) is 12.1 Å². The van der Waals surface area contributed by atoms with Crippen LogP contribution in [-0.4, -0.2) is 22.9 Å². The predicted octanol–water partition coefficient (Wildman–Crippen LogP) is 3.39. The van der Waals surface area contributed by atoms with Gasteiger partial charge in [-0.05, 0) is 25.1 Å². The number of rotatable bonds is 3. The Kier molecular flexibility index (Phi) is 6.17. The Hall–Kier alpha value is -4.08. The Morgan fingerprint density at radius 1 is 0.964 bits per heavy atom. The van der Waals surface area contributed by atoms with Crippen molar-refractivity contribution < 1.29 is 23.8 Å². The lowest BCUT2D eigenvalue weighted by atomic mass is 10.1. The number of nitrogens with zero attached hydrogens (tertiary/aromatic N) is 2. The van der Waals surface area contributed by atoms with Crippen LogP contribution in [0, 0.1) is 27.2 Å². The smallest absolute Gasteiger partial charge is 0.343 e. The molecule has 0 unspecified atom stereocenters. The quantitative estimate of drug-likeness (QED) is 0.378. The molecule has 1 aromatic heterocycles. The van der Waals surface area contributed by atoms with Gasteiger partial charge in [-0.25, -0.2) is 9.59 Å². The molecule has 2 aromatic carbocycles. The zero-order valence-electron chi connectivity index (χ0n) is 14.8. The SMILES string of the molecule is COC(=O)c1cccc([N+](=O)[O-])c1C.O=c1occc2c([N+](=O)[O-])cccc12. The molecule has 0 spiro atoms. The molecule has 0 saturated heterocycles. The van der Waals surface area contributed by atoms with E-state index in [-0.39, 0.29) is 22.3 Å². The van der Waals surface area contributed by atoms with Gasteiger partial charge in [-0.2, -0.15) is 0 Å². The monoisotopic (exact) mass is 386 g/mol. The molecule has 144 valence electrons. The number of hydrogen-bond donors (Lipinski definition) is 0. The van der Waals surface area contributed by atoms with E-state index < -0.39 is 21.4 Å². The summed E-state index contributed by atoms with van der Waals surface area (Å²) in [4.78, 5) is 42.4. The Morgan fingerprint density at radius 3 is 2.18 bits per heavy atom. The molecule has 3 aromatic rings. The number of nitro groups is 2. The number of esters is 1. The molecule has 10 nitrogen and oxygen atoms in total. The summed E-state index contributed by atoms with van der Waals surface area (Å²) >= 11 is 0. The minimum Gasteiger partial charge on any atom is -0.465 e. The number of hydrogen-bond acceptors (Lipinski definition) is 8. The van der Waals surface area contributed by atoms with Crippen molar-refractivity contribution in [3.63, 3.8) is 0 Å². The molecule has 0 saturated carbocycles. The van der Waals surface area contributed by atoms with Gasteiger partial charge in [0.25, 0.3) is 11.4 Å². The van der Waals surface area contributed by atoms with Gasteiger partial charge in [0, 0.05) is 17.7 Å². The van der Waals surface area contributed by atoms with Crippen molar-refractivity contribution in [1.82, 2.24) is 0 Å². The first-order chi connectivity index (χ1) is 13.3. The number of non-ortho nitro benzene ring substituents is 1. The fourth-order valence-corrected chi connectivity index (χ4v) is 2.45. The molecule has 0 amide bonds. The van der Waals surface area contributed by atoms with Gasteiger partial charge >= 0.3 is 11.6 Å². The molecule has 0 bridgehead atoms. The maximum Gasteiger partial charge on any atom is 0.343 e. The molecule has 0 aliphatic carbocycles. The van der Waals surface area contributed by atoms with Gasteiger partial charge < -0.3 is 9.15 Å². The number of methoxy groups -OCH3 is 1. The van der Waals surface area contributed by atoms with Gasteiger partial charge in [-0.15, -0.1) is 0 Å². The minimum atomic E-state index is -0.564. The Bertz CT molecular complexity index is 1120. The molecule has 0 N–H and O–H groups in total. The first-order valence-corrected chi connectivity index (χ1v) is 7.75. The van der Waals surface area contributed by atoms with Gasteiger partial charge in [0.15, 0.2) is 0 Å². The molecule has 0 aliphatic heterocycles. The van der Waals surface area contributed by atoms with E-state index in [9.17, 15) is 29.8 Å². The van der Waals surface area contributed by atoms with Gasteiger partial charge in [-0.3, -0.25) is 20.2 Å². The van der Waals surface area contributed by atoms with Crippen LogP contribution >= 0.6 is 0 Å². The van der Waals surface area contributed by atoms with E-state index >= 15 is 0 Å². The molecule has 0 fully saturated rings. The second-order valence-electron chi connectivity index (χ2n) is 5.40. The first kappa shape index (κ1) is 20.2. The average molecular weight is 386 g/mol. The van der Waals surface area contributed by atoms with Crippen LogP contribution in [0.25, 0.3) is 10.8 Å². The van der Waals surface area contributed by atoms with Crippen LogP contribution in [0.5, 0.6) is 0 Å². The topological polar surface area (TPSA) is 143 Å². The summed E-state index contributed by atoms with van der Waals surface area (Å²) in [5.74, 6) is -0.564. The van der Waals surface area contributed by atoms with Crippen LogP contribution in [0.1, 0.15) is 15.9 Å². The highest BCUT2D eigenvalue weighted by Gasteiger charge is 2.17. The maximum atomic E-state index is 11.2. The van der Waals surface area contributed by atoms with E-state index in [2.05, 4.69) is 9.15 Å². The first-order valence-electron chi connectivity index (χ1n) is 7.75. The Labute approximate surface area is 157 Å². The highest BCUT2D eigenvalue weighted by atomic mass is 16.6. The summed E-state index contributed by atoms with van der Waals surface area (Å²) < 4.78 is 9.09. The lowest BCUT2D eigenvalue weighted by molar-refractivity contribution is -0.385. The summed E-state index contributed by atoms with van der Waals surface area (Å²) in [6.07, 6.45) is 1.15. The fraction of sp³-hybridized carbons (Fsp3) is 0.111. The molecular formula is C18H14N2O8. The number of carbonyl (C=O) groups is 1. The number of fused-ring (bicyclic) bond motifs is 1. The lowest BCUT2D eigenvalue weighted by Gasteiger charge is -2.03. The fourth-order valence-electron chi connectivity index (χ4n) is 2.45. The third-order valence-electron chi connectivity index (χ3n) is 3.82. The lowest BCUT2D eigenvalue weighted by Crippen LogP contribution is -2.05. The van der Waals surface area contributed by atoms with Crippen LogP contribution < -0.4 is 5.63 Å². The van der Waals surface area contributed by atoms with Crippen LogP contribution in [-0.2, 0) is 4.74 Å². The molecule has 10 heteroatoms. The number of carbonyl (C=O) groups excluding carboxylic acids is 1. The molecular weight excluding hydrogens is 372 g/mol. The van der Waals surface area contributed by atoms with Crippen molar-refractivity contribution in [2.45, 2.75) is 6.92 Å². The van der Waals surface area contributed by atoms with Crippen LogP contribution in [0.3, 0.4) is 0 Å². The van der Waals surface area contributed by atoms with E-state index in [4.69, 9.17) is 0 Å². The molecule has 28 heavy (non-hydrogen) atoms. The highest BCUT2D eigenvalue weighted by Crippen LogP contribution is 2.22. The summed E-state index contributed by atoms with van der Waals surface area (Å²) in [5.41, 5.74) is -0.180.